The largest absolute Gasteiger partial charge is 0.458 e. The molecule has 0 N–H and O–H groups in total. The van der Waals surface area contributed by atoms with Crippen LogP contribution < -0.4 is 35.8 Å². The Labute approximate surface area is 390 Å². The molecule has 2 aliphatic rings. The van der Waals surface area contributed by atoms with E-state index in [1.807, 2.05) is 12.1 Å². The fourth-order valence-electron chi connectivity index (χ4n) is 10.2. The Kier molecular flexibility index (Phi) is 9.10. The van der Waals surface area contributed by atoms with Crippen LogP contribution in [-0.4, -0.2) is 6.71 Å². The number of benzene rings is 10. The lowest BCUT2D eigenvalue weighted by molar-refractivity contribution is 0.487. The normalized spacial score (nSPS) is 12.3. The summed E-state index contributed by atoms with van der Waals surface area (Å²) >= 11 is 0. The third-order valence-electron chi connectivity index (χ3n) is 13.4. The SMILES string of the molecule is Cc1ccc(N2c3cc(N(c4ccccc4)c4ccccc4)ccc3B3c4ccc(N(c5ccc(-c6ccccc6)cc5)c5ccc6oc7ccccc7c6c5)cc4Oc4cccc2c43)cc1. The van der Waals surface area contributed by atoms with Crippen molar-refractivity contribution in [2.45, 2.75) is 6.92 Å². The first-order valence-corrected chi connectivity index (χ1v) is 22.9. The van der Waals surface area contributed by atoms with Gasteiger partial charge in [0, 0.05) is 68.0 Å². The smallest absolute Gasteiger partial charge is 0.256 e. The minimum Gasteiger partial charge on any atom is -0.458 e. The summed E-state index contributed by atoms with van der Waals surface area (Å²) in [5.41, 5.74) is 18.5. The van der Waals surface area contributed by atoms with E-state index in [0.29, 0.717) is 0 Å². The van der Waals surface area contributed by atoms with E-state index < -0.39 is 0 Å². The van der Waals surface area contributed by atoms with Crippen molar-refractivity contribution in [1.29, 1.82) is 0 Å². The summed E-state index contributed by atoms with van der Waals surface area (Å²) in [5, 5.41) is 2.17. The summed E-state index contributed by atoms with van der Waals surface area (Å²) in [7, 11) is 0. The van der Waals surface area contributed by atoms with Crippen molar-refractivity contribution >= 4 is 96.2 Å². The second-order valence-corrected chi connectivity index (χ2v) is 17.4. The van der Waals surface area contributed by atoms with Gasteiger partial charge in [0.1, 0.15) is 22.7 Å². The van der Waals surface area contributed by atoms with E-state index in [9.17, 15) is 0 Å². The highest BCUT2D eigenvalue weighted by Gasteiger charge is 2.42. The van der Waals surface area contributed by atoms with Crippen LogP contribution in [0.15, 0.2) is 241 Å². The minimum absolute atomic E-state index is 0.0797. The molecule has 67 heavy (non-hydrogen) atoms. The first-order valence-electron chi connectivity index (χ1n) is 22.9. The lowest BCUT2D eigenvalue weighted by atomic mass is 9.34. The van der Waals surface area contributed by atoms with Crippen LogP contribution >= 0.6 is 0 Å². The standard InChI is InChI=1S/C61H42BN3O2/c1-41-24-28-47(29-25-41)65-55-21-13-23-59-61(55)62(53-35-32-49(39-56(53)65)63(44-16-7-3-8-17-44)45-18-9-4-10-19-45)54-36-33-50(40-60(54)67-59)64(46-30-26-43(27-31-46)42-14-5-2-6-15-42)48-34-37-58-52(38-48)51-20-11-12-22-57(51)66-58/h2-40H,1H3. The molecule has 10 aromatic carbocycles. The fourth-order valence-corrected chi connectivity index (χ4v) is 10.2. The highest BCUT2D eigenvalue weighted by molar-refractivity contribution is 6.99. The quantitative estimate of drug-likeness (QED) is 0.142. The lowest BCUT2D eigenvalue weighted by Crippen LogP contribution is -2.59. The predicted octanol–water partition coefficient (Wildman–Crippen LogP) is 14.9. The van der Waals surface area contributed by atoms with E-state index in [1.165, 1.54) is 16.6 Å². The lowest BCUT2D eigenvalue weighted by Gasteiger charge is -2.41. The van der Waals surface area contributed by atoms with E-state index in [4.69, 9.17) is 9.15 Å². The number of ether oxygens (including phenoxy) is 1. The van der Waals surface area contributed by atoms with E-state index in [2.05, 4.69) is 246 Å². The Bertz CT molecular complexity index is 3590. The molecule has 0 unspecified atom stereocenters. The summed E-state index contributed by atoms with van der Waals surface area (Å²) in [4.78, 5) is 7.09. The van der Waals surface area contributed by atoms with E-state index in [1.54, 1.807) is 0 Å². The van der Waals surface area contributed by atoms with Gasteiger partial charge in [0.15, 0.2) is 0 Å². The zero-order valence-electron chi connectivity index (χ0n) is 36.8. The van der Waals surface area contributed by atoms with Gasteiger partial charge in [-0.1, -0.05) is 133 Å². The summed E-state index contributed by atoms with van der Waals surface area (Å²) in [6, 6.07) is 84.5. The molecule has 0 bridgehead atoms. The number of anilines is 9. The second kappa shape index (κ2) is 15.8. The van der Waals surface area contributed by atoms with Gasteiger partial charge < -0.3 is 23.9 Å². The maximum absolute atomic E-state index is 7.10. The molecule has 0 amide bonds. The number of hydrogen-bond acceptors (Lipinski definition) is 5. The average Bonchev–Trinajstić information content (AvgIpc) is 3.76. The van der Waals surface area contributed by atoms with Gasteiger partial charge in [-0.15, -0.1) is 0 Å². The van der Waals surface area contributed by atoms with E-state index in [0.717, 1.165) is 101 Å². The topological polar surface area (TPSA) is 32.1 Å². The van der Waals surface area contributed by atoms with Crippen LogP contribution in [0, 0.1) is 6.92 Å². The summed E-state index contributed by atoms with van der Waals surface area (Å²) in [6.07, 6.45) is 0. The van der Waals surface area contributed by atoms with Gasteiger partial charge in [0.2, 0.25) is 0 Å². The molecule has 5 nitrogen and oxygen atoms in total. The van der Waals surface area contributed by atoms with Crippen molar-refractivity contribution in [3.8, 4) is 22.6 Å². The summed E-state index contributed by atoms with van der Waals surface area (Å²) in [5.74, 6) is 1.70. The minimum atomic E-state index is -0.0797. The Hall–Kier alpha value is -8.74. The third-order valence-corrected chi connectivity index (χ3v) is 13.4. The van der Waals surface area contributed by atoms with Crippen molar-refractivity contribution < 1.29 is 9.15 Å². The number of aryl methyl sites for hydroxylation is 1. The van der Waals surface area contributed by atoms with Crippen molar-refractivity contribution in [2.75, 3.05) is 14.7 Å². The van der Waals surface area contributed by atoms with Crippen molar-refractivity contribution in [2.24, 2.45) is 0 Å². The highest BCUT2D eigenvalue weighted by atomic mass is 16.5. The number of nitrogens with zero attached hydrogens (tertiary/aromatic N) is 3. The number of furan rings is 1. The number of hydrogen-bond donors (Lipinski definition) is 0. The van der Waals surface area contributed by atoms with Gasteiger partial charge in [-0.05, 0) is 138 Å². The average molecular weight is 860 g/mol. The van der Waals surface area contributed by atoms with Crippen LogP contribution in [0.5, 0.6) is 11.5 Å². The zero-order valence-corrected chi connectivity index (χ0v) is 36.8. The van der Waals surface area contributed by atoms with E-state index in [-0.39, 0.29) is 6.71 Å². The van der Waals surface area contributed by atoms with Crippen LogP contribution in [0.25, 0.3) is 33.1 Å². The van der Waals surface area contributed by atoms with Gasteiger partial charge in [0.05, 0.1) is 0 Å². The molecule has 2 aliphatic heterocycles. The number of fused-ring (bicyclic) bond motifs is 7. The second-order valence-electron chi connectivity index (χ2n) is 17.4. The molecule has 0 spiro atoms. The van der Waals surface area contributed by atoms with Crippen LogP contribution in [0.2, 0.25) is 0 Å². The number of rotatable bonds is 8. The van der Waals surface area contributed by atoms with Gasteiger partial charge >= 0.3 is 0 Å². The molecule has 6 heteroatoms. The Balaban J connectivity index is 0.981. The molecule has 0 radical (unpaired) electrons. The number of para-hydroxylation sites is 3. The predicted molar refractivity (Wildman–Crippen MR) is 279 cm³/mol. The maximum Gasteiger partial charge on any atom is 0.256 e. The van der Waals surface area contributed by atoms with Crippen molar-refractivity contribution in [3.05, 3.63) is 242 Å². The van der Waals surface area contributed by atoms with Crippen molar-refractivity contribution in [1.82, 2.24) is 0 Å². The molecule has 0 atom stereocenters. The Morgan fingerprint density at radius 1 is 0.388 bits per heavy atom. The molecule has 1 aromatic heterocycles. The van der Waals surface area contributed by atoms with Crippen LogP contribution in [0.1, 0.15) is 5.56 Å². The Morgan fingerprint density at radius 2 is 0.955 bits per heavy atom. The summed E-state index contributed by atoms with van der Waals surface area (Å²) < 4.78 is 13.4. The van der Waals surface area contributed by atoms with Crippen LogP contribution in [0.3, 0.4) is 0 Å². The third kappa shape index (κ3) is 6.56. The molecule has 316 valence electrons. The summed E-state index contributed by atoms with van der Waals surface area (Å²) in [6.45, 7) is 2.06. The molecular formula is C61H42BN3O2. The fraction of sp³-hybridized carbons (Fsp3) is 0.0164. The molecule has 11 aromatic rings. The molecule has 0 fully saturated rings. The first-order chi connectivity index (χ1) is 33.1. The monoisotopic (exact) mass is 859 g/mol. The van der Waals surface area contributed by atoms with Gasteiger partial charge in [-0.3, -0.25) is 0 Å². The Morgan fingerprint density at radius 3 is 1.70 bits per heavy atom. The van der Waals surface area contributed by atoms with E-state index >= 15 is 0 Å². The molecule has 0 aliphatic carbocycles. The molecule has 3 heterocycles. The zero-order chi connectivity index (χ0) is 44.4. The van der Waals surface area contributed by atoms with Gasteiger partial charge in [-0.25, -0.2) is 0 Å². The first kappa shape index (κ1) is 38.7. The molecule has 13 rings (SSSR count). The molecular weight excluding hydrogens is 818 g/mol. The molecule has 0 saturated heterocycles. The molecule has 0 saturated carbocycles. The van der Waals surface area contributed by atoms with Crippen LogP contribution in [0.4, 0.5) is 51.2 Å². The van der Waals surface area contributed by atoms with Gasteiger partial charge in [0.25, 0.3) is 6.71 Å². The van der Waals surface area contributed by atoms with Crippen LogP contribution in [-0.2, 0) is 0 Å². The van der Waals surface area contributed by atoms with Gasteiger partial charge in [-0.2, -0.15) is 0 Å². The highest BCUT2D eigenvalue weighted by Crippen LogP contribution is 2.46. The maximum atomic E-state index is 7.10. The van der Waals surface area contributed by atoms with Crippen molar-refractivity contribution in [3.63, 3.8) is 0 Å².